The van der Waals surface area contributed by atoms with Crippen molar-refractivity contribution >= 4 is 0 Å². The van der Waals surface area contributed by atoms with Gasteiger partial charge in [-0.1, -0.05) is 75.2 Å². The van der Waals surface area contributed by atoms with E-state index in [1.165, 1.54) is 19.3 Å². The Morgan fingerprint density at radius 1 is 1.03 bits per heavy atom. The summed E-state index contributed by atoms with van der Waals surface area (Å²) in [6.07, 6.45) is 7.19. The van der Waals surface area contributed by atoms with Crippen LogP contribution in [0.4, 0.5) is 0 Å². The van der Waals surface area contributed by atoms with Crippen LogP contribution in [0.3, 0.4) is 0 Å². The molecule has 172 valence electrons. The van der Waals surface area contributed by atoms with Crippen LogP contribution in [-0.4, -0.2) is 41.4 Å². The maximum atomic E-state index is 6.36. The summed E-state index contributed by atoms with van der Waals surface area (Å²) in [5, 5.41) is 19.1. The molecular formula is C25H32N8. The van der Waals surface area contributed by atoms with Crippen LogP contribution in [0.25, 0.3) is 22.5 Å². The van der Waals surface area contributed by atoms with Gasteiger partial charge in [-0.3, -0.25) is 0 Å². The number of aryl methyl sites for hydroxylation is 1. The van der Waals surface area contributed by atoms with E-state index in [2.05, 4.69) is 74.9 Å². The molecule has 2 aromatic heterocycles. The molecule has 2 aromatic carbocycles. The fourth-order valence-corrected chi connectivity index (χ4v) is 4.03. The number of aromatic amines is 1. The minimum absolute atomic E-state index is 0.200. The molecule has 4 aromatic rings. The number of nitrogens with one attached hydrogen (secondary N) is 1. The highest BCUT2D eigenvalue weighted by Gasteiger charge is 2.14. The van der Waals surface area contributed by atoms with Crippen LogP contribution in [0, 0.1) is 5.92 Å². The molecular weight excluding hydrogens is 412 g/mol. The predicted octanol–water partition coefficient (Wildman–Crippen LogP) is 4.26. The standard InChI is InChI=1S/C25H32N8/c1-3-4-7-18(2)23(26)14-15-24-27-17-33(30-24)16-19-10-12-20(13-11-19)21-8-5-6-9-22(21)25-28-31-32-29-25/h5-6,8-13,17-18,23H,3-4,7,14-16,26H2,1-2H3,(H,28,29,31,32). The lowest BCUT2D eigenvalue weighted by atomic mass is 9.93. The topological polar surface area (TPSA) is 111 Å². The second-order valence-corrected chi connectivity index (χ2v) is 8.66. The summed E-state index contributed by atoms with van der Waals surface area (Å²) < 4.78 is 1.89. The van der Waals surface area contributed by atoms with E-state index in [4.69, 9.17) is 5.73 Å². The Kier molecular flexibility index (Phi) is 7.57. The smallest absolute Gasteiger partial charge is 0.205 e. The van der Waals surface area contributed by atoms with Gasteiger partial charge in [0.05, 0.1) is 6.54 Å². The van der Waals surface area contributed by atoms with Crippen LogP contribution in [0.5, 0.6) is 0 Å². The van der Waals surface area contributed by atoms with Gasteiger partial charge in [0.15, 0.2) is 5.82 Å². The molecule has 0 amide bonds. The van der Waals surface area contributed by atoms with Gasteiger partial charge in [-0.05, 0) is 40.7 Å². The number of nitrogens with zero attached hydrogens (tertiary/aromatic N) is 6. The maximum absolute atomic E-state index is 6.36. The zero-order valence-electron chi connectivity index (χ0n) is 19.4. The van der Waals surface area contributed by atoms with Crippen LogP contribution >= 0.6 is 0 Å². The maximum Gasteiger partial charge on any atom is 0.205 e. The van der Waals surface area contributed by atoms with Gasteiger partial charge in [-0.25, -0.2) is 9.67 Å². The SMILES string of the molecule is CCCCC(C)C(N)CCc1ncn(Cc2ccc(-c3ccccc3-c3nn[nH]n3)cc2)n1. The first-order chi connectivity index (χ1) is 16.1. The monoisotopic (exact) mass is 444 g/mol. The summed E-state index contributed by atoms with van der Waals surface area (Å²) >= 11 is 0. The van der Waals surface area contributed by atoms with E-state index in [0.717, 1.165) is 40.9 Å². The van der Waals surface area contributed by atoms with Crippen molar-refractivity contribution in [2.75, 3.05) is 0 Å². The van der Waals surface area contributed by atoms with Crippen molar-refractivity contribution in [1.82, 2.24) is 35.4 Å². The lowest BCUT2D eigenvalue weighted by molar-refractivity contribution is 0.392. The van der Waals surface area contributed by atoms with E-state index >= 15 is 0 Å². The summed E-state index contributed by atoms with van der Waals surface area (Å²) in [6, 6.07) is 16.7. The molecule has 0 aliphatic heterocycles. The summed E-state index contributed by atoms with van der Waals surface area (Å²) in [4.78, 5) is 4.48. The first-order valence-corrected chi connectivity index (χ1v) is 11.7. The highest BCUT2D eigenvalue weighted by Crippen LogP contribution is 2.29. The molecule has 0 saturated carbocycles. The van der Waals surface area contributed by atoms with Crippen molar-refractivity contribution in [2.24, 2.45) is 11.7 Å². The second-order valence-electron chi connectivity index (χ2n) is 8.66. The molecule has 2 heterocycles. The second kappa shape index (κ2) is 11.0. The number of hydrogen-bond acceptors (Lipinski definition) is 6. The number of benzene rings is 2. The highest BCUT2D eigenvalue weighted by molar-refractivity contribution is 5.80. The number of tetrazole rings is 1. The summed E-state index contributed by atoms with van der Waals surface area (Å²) in [7, 11) is 0. The Labute approximate surface area is 194 Å². The number of aromatic nitrogens is 7. The van der Waals surface area contributed by atoms with Crippen molar-refractivity contribution in [1.29, 1.82) is 0 Å². The summed E-state index contributed by atoms with van der Waals surface area (Å²) in [5.74, 6) is 1.99. The Morgan fingerprint density at radius 2 is 1.82 bits per heavy atom. The lowest BCUT2D eigenvalue weighted by Gasteiger charge is -2.18. The van der Waals surface area contributed by atoms with Gasteiger partial charge in [-0.2, -0.15) is 10.3 Å². The number of unbranched alkanes of at least 4 members (excludes halogenated alkanes) is 1. The van der Waals surface area contributed by atoms with Gasteiger partial charge in [0, 0.05) is 18.0 Å². The Balaban J connectivity index is 1.37. The van der Waals surface area contributed by atoms with Crippen molar-refractivity contribution in [2.45, 2.75) is 58.5 Å². The number of H-pyrrole nitrogens is 1. The van der Waals surface area contributed by atoms with Gasteiger partial charge < -0.3 is 5.73 Å². The van der Waals surface area contributed by atoms with E-state index in [1.807, 2.05) is 22.9 Å². The minimum atomic E-state index is 0.200. The van der Waals surface area contributed by atoms with Crippen LogP contribution < -0.4 is 5.73 Å². The van der Waals surface area contributed by atoms with Crippen LogP contribution in [0.2, 0.25) is 0 Å². The zero-order chi connectivity index (χ0) is 23.0. The molecule has 2 atom stereocenters. The molecule has 4 rings (SSSR count). The van der Waals surface area contributed by atoms with Gasteiger partial charge in [0.1, 0.15) is 6.33 Å². The number of nitrogens with two attached hydrogens (primary N) is 1. The van der Waals surface area contributed by atoms with Crippen molar-refractivity contribution in [3.63, 3.8) is 0 Å². The fourth-order valence-electron chi connectivity index (χ4n) is 4.03. The quantitative estimate of drug-likeness (QED) is 0.357. The van der Waals surface area contributed by atoms with E-state index < -0.39 is 0 Å². The molecule has 0 spiro atoms. The third kappa shape index (κ3) is 5.90. The largest absolute Gasteiger partial charge is 0.327 e. The highest BCUT2D eigenvalue weighted by atomic mass is 15.5. The average molecular weight is 445 g/mol. The van der Waals surface area contributed by atoms with Crippen molar-refractivity contribution in [3.8, 4) is 22.5 Å². The molecule has 0 fully saturated rings. The van der Waals surface area contributed by atoms with Gasteiger partial charge in [-0.15, -0.1) is 10.2 Å². The zero-order valence-corrected chi connectivity index (χ0v) is 19.4. The van der Waals surface area contributed by atoms with Crippen molar-refractivity contribution < 1.29 is 0 Å². The van der Waals surface area contributed by atoms with Gasteiger partial charge >= 0.3 is 0 Å². The molecule has 8 nitrogen and oxygen atoms in total. The first kappa shape index (κ1) is 22.8. The number of hydrogen-bond donors (Lipinski definition) is 2. The molecule has 0 aliphatic rings. The molecule has 2 unspecified atom stereocenters. The molecule has 0 saturated heterocycles. The molecule has 8 heteroatoms. The fraction of sp³-hybridized carbons (Fsp3) is 0.400. The van der Waals surface area contributed by atoms with E-state index in [-0.39, 0.29) is 6.04 Å². The van der Waals surface area contributed by atoms with E-state index in [1.54, 1.807) is 6.33 Å². The van der Waals surface area contributed by atoms with Crippen LogP contribution in [-0.2, 0) is 13.0 Å². The Bertz CT molecular complexity index is 1120. The third-order valence-corrected chi connectivity index (χ3v) is 6.15. The van der Waals surface area contributed by atoms with Gasteiger partial charge in [0.25, 0.3) is 0 Å². The van der Waals surface area contributed by atoms with E-state index in [9.17, 15) is 0 Å². The van der Waals surface area contributed by atoms with Crippen LogP contribution in [0.15, 0.2) is 54.9 Å². The first-order valence-electron chi connectivity index (χ1n) is 11.7. The number of rotatable bonds is 11. The third-order valence-electron chi connectivity index (χ3n) is 6.15. The average Bonchev–Trinajstić information content (AvgIpc) is 3.54. The van der Waals surface area contributed by atoms with E-state index in [0.29, 0.717) is 18.3 Å². The normalized spacial score (nSPS) is 13.2. The van der Waals surface area contributed by atoms with Crippen LogP contribution in [0.1, 0.15) is 50.9 Å². The molecule has 33 heavy (non-hydrogen) atoms. The minimum Gasteiger partial charge on any atom is -0.327 e. The molecule has 0 aliphatic carbocycles. The predicted molar refractivity (Wildman–Crippen MR) is 129 cm³/mol. The van der Waals surface area contributed by atoms with Gasteiger partial charge in [0.2, 0.25) is 5.82 Å². The summed E-state index contributed by atoms with van der Waals surface area (Å²) in [5.41, 5.74) is 10.6. The molecule has 0 radical (unpaired) electrons. The lowest BCUT2D eigenvalue weighted by Crippen LogP contribution is -2.28. The molecule has 0 bridgehead atoms. The van der Waals surface area contributed by atoms with Crippen molar-refractivity contribution in [3.05, 3.63) is 66.2 Å². The Morgan fingerprint density at radius 3 is 2.55 bits per heavy atom. The molecule has 3 N–H and O–H groups in total. The summed E-state index contributed by atoms with van der Waals surface area (Å²) in [6.45, 7) is 5.15. The Hall–Kier alpha value is -3.39.